The Kier molecular flexibility index (Phi) is 6.57. The molecule has 0 aliphatic carbocycles. The highest BCUT2D eigenvalue weighted by atomic mass is 79.9. The summed E-state index contributed by atoms with van der Waals surface area (Å²) in [6, 6.07) is 11.1. The third-order valence-electron chi connectivity index (χ3n) is 2.95. The first kappa shape index (κ1) is 18.2. The topological polar surface area (TPSA) is 67.4 Å². The molecular weight excluding hydrogens is 392 g/mol. The van der Waals surface area contributed by atoms with Crippen molar-refractivity contribution in [3.8, 4) is 5.75 Å². The molecule has 2 N–H and O–H groups in total. The second kappa shape index (κ2) is 8.65. The van der Waals surface area contributed by atoms with Crippen molar-refractivity contribution in [1.82, 2.24) is 10.9 Å². The number of rotatable bonds is 5. The van der Waals surface area contributed by atoms with Crippen LogP contribution < -0.4 is 15.6 Å². The fourth-order valence-corrected chi connectivity index (χ4v) is 2.92. The Morgan fingerprint density at radius 3 is 2.71 bits per heavy atom. The molecule has 0 unspecified atom stereocenters. The number of thiophene rings is 1. The Hall–Kier alpha value is -2.12. The maximum absolute atomic E-state index is 11.9. The Balaban J connectivity index is 1.79. The largest absolute Gasteiger partial charge is 0.481 e. The second-order valence-electron chi connectivity index (χ2n) is 4.98. The van der Waals surface area contributed by atoms with E-state index in [-0.39, 0.29) is 0 Å². The number of hydrazine groups is 1. The van der Waals surface area contributed by atoms with Gasteiger partial charge in [-0.1, -0.05) is 22.0 Å². The minimum Gasteiger partial charge on any atom is -0.481 e. The number of carbonyl (C=O) groups is 2. The Bertz CT molecular complexity index is 758. The van der Waals surface area contributed by atoms with E-state index in [4.69, 9.17) is 4.74 Å². The van der Waals surface area contributed by atoms with Crippen LogP contribution in [0.1, 0.15) is 16.7 Å². The van der Waals surface area contributed by atoms with Crippen molar-refractivity contribution in [2.45, 2.75) is 20.0 Å². The molecule has 126 valence electrons. The van der Waals surface area contributed by atoms with Crippen LogP contribution in [0.4, 0.5) is 0 Å². The molecule has 0 fully saturated rings. The maximum Gasteiger partial charge on any atom is 0.279 e. The Morgan fingerprint density at radius 1 is 1.25 bits per heavy atom. The first-order chi connectivity index (χ1) is 11.4. The fraction of sp³-hybridized carbons (Fsp3) is 0.176. The molecule has 2 aromatic rings. The monoisotopic (exact) mass is 408 g/mol. The average Bonchev–Trinajstić information content (AvgIpc) is 2.96. The predicted octanol–water partition coefficient (Wildman–Crippen LogP) is 3.45. The summed E-state index contributed by atoms with van der Waals surface area (Å²) in [5.41, 5.74) is 4.66. The molecule has 0 saturated carbocycles. The first-order valence-corrected chi connectivity index (χ1v) is 8.81. The molecule has 0 spiro atoms. The molecular formula is C17H17BrN2O3S. The molecule has 2 rings (SSSR count). The molecule has 0 aliphatic heterocycles. The molecule has 0 aliphatic rings. The van der Waals surface area contributed by atoms with E-state index in [2.05, 4.69) is 26.8 Å². The van der Waals surface area contributed by atoms with Crippen molar-refractivity contribution in [2.75, 3.05) is 0 Å². The molecule has 1 atom stereocenters. The van der Waals surface area contributed by atoms with Crippen molar-refractivity contribution in [1.29, 1.82) is 0 Å². The van der Waals surface area contributed by atoms with Gasteiger partial charge in [0.25, 0.3) is 11.8 Å². The van der Waals surface area contributed by atoms with E-state index in [9.17, 15) is 9.59 Å². The van der Waals surface area contributed by atoms with Gasteiger partial charge in [-0.25, -0.2) is 0 Å². The minimum absolute atomic E-state index is 0.413. The Morgan fingerprint density at radius 2 is 2.04 bits per heavy atom. The number of nitrogens with one attached hydrogen (secondary N) is 2. The van der Waals surface area contributed by atoms with Gasteiger partial charge in [0.05, 0.1) is 0 Å². The Labute approximate surface area is 152 Å². The van der Waals surface area contributed by atoms with Gasteiger partial charge in [0.1, 0.15) is 5.75 Å². The van der Waals surface area contributed by atoms with Gasteiger partial charge in [0, 0.05) is 20.3 Å². The lowest BCUT2D eigenvalue weighted by Crippen LogP contribution is -2.46. The first-order valence-electron chi connectivity index (χ1n) is 7.20. The minimum atomic E-state index is -0.747. The zero-order chi connectivity index (χ0) is 17.5. The van der Waals surface area contributed by atoms with Crippen molar-refractivity contribution >= 4 is 45.2 Å². The molecule has 7 heteroatoms. The number of benzene rings is 1. The number of ether oxygens (including phenoxy) is 1. The van der Waals surface area contributed by atoms with E-state index >= 15 is 0 Å². The van der Waals surface area contributed by atoms with E-state index in [1.54, 1.807) is 36.5 Å². The number of hydrogen-bond donors (Lipinski definition) is 2. The van der Waals surface area contributed by atoms with Crippen LogP contribution in [0.2, 0.25) is 0 Å². The van der Waals surface area contributed by atoms with E-state index in [1.807, 2.05) is 31.2 Å². The second-order valence-corrected chi connectivity index (χ2v) is 7.21. The van der Waals surface area contributed by atoms with Crippen molar-refractivity contribution in [3.63, 3.8) is 0 Å². The van der Waals surface area contributed by atoms with E-state index in [1.165, 1.54) is 11.0 Å². The number of amides is 2. The summed E-state index contributed by atoms with van der Waals surface area (Å²) in [5.74, 6) is -0.293. The van der Waals surface area contributed by atoms with Gasteiger partial charge < -0.3 is 4.74 Å². The van der Waals surface area contributed by atoms with Crippen LogP contribution in [0.5, 0.6) is 5.75 Å². The van der Waals surface area contributed by atoms with Crippen LogP contribution in [0.25, 0.3) is 6.08 Å². The van der Waals surface area contributed by atoms with E-state index in [0.717, 1.165) is 9.35 Å². The number of aryl methyl sites for hydroxylation is 1. The summed E-state index contributed by atoms with van der Waals surface area (Å²) in [6.07, 6.45) is 2.31. The van der Waals surface area contributed by atoms with Crippen LogP contribution in [0.3, 0.4) is 0 Å². The lowest BCUT2D eigenvalue weighted by molar-refractivity contribution is -0.131. The molecule has 2 amide bonds. The van der Waals surface area contributed by atoms with E-state index in [0.29, 0.717) is 5.75 Å². The van der Waals surface area contributed by atoms with Crippen LogP contribution >= 0.6 is 27.3 Å². The number of hydrogen-bond acceptors (Lipinski definition) is 4. The predicted molar refractivity (Wildman–Crippen MR) is 98.6 cm³/mol. The summed E-state index contributed by atoms with van der Waals surface area (Å²) < 4.78 is 6.37. The standard InChI is InChI=1S/C17H17BrN2O3S/c1-11-6-7-15(24-11)8-9-16(21)19-20-17(22)12(2)23-14-5-3-4-13(18)10-14/h3-10,12H,1-2H3,(H,19,21)(H,20,22)/b9-8+/t12-/m0/s1. The molecule has 0 radical (unpaired) electrons. The summed E-state index contributed by atoms with van der Waals surface area (Å²) in [7, 11) is 0. The van der Waals surface area contributed by atoms with Crippen LogP contribution in [-0.2, 0) is 9.59 Å². The molecule has 0 saturated heterocycles. The highest BCUT2D eigenvalue weighted by molar-refractivity contribution is 9.10. The van der Waals surface area contributed by atoms with Gasteiger partial charge in [0.2, 0.25) is 0 Å². The highest BCUT2D eigenvalue weighted by Crippen LogP contribution is 2.19. The van der Waals surface area contributed by atoms with E-state index < -0.39 is 17.9 Å². The number of halogens is 1. The van der Waals surface area contributed by atoms with Crippen molar-refractivity contribution < 1.29 is 14.3 Å². The summed E-state index contributed by atoms with van der Waals surface area (Å²) in [5, 5.41) is 0. The fourth-order valence-electron chi connectivity index (χ4n) is 1.77. The third-order valence-corrected chi connectivity index (χ3v) is 4.41. The molecule has 5 nitrogen and oxygen atoms in total. The normalized spacial score (nSPS) is 12.0. The SMILES string of the molecule is Cc1ccc(/C=C/C(=O)NNC(=O)[C@H](C)Oc2cccc(Br)c2)s1. The molecule has 0 bridgehead atoms. The summed E-state index contributed by atoms with van der Waals surface area (Å²) >= 11 is 4.92. The van der Waals surface area contributed by atoms with Gasteiger partial charge in [-0.3, -0.25) is 20.4 Å². The number of carbonyl (C=O) groups excluding carboxylic acids is 2. The highest BCUT2D eigenvalue weighted by Gasteiger charge is 2.15. The molecule has 1 aromatic carbocycles. The molecule has 1 heterocycles. The molecule has 24 heavy (non-hydrogen) atoms. The van der Waals surface area contributed by atoms with Crippen LogP contribution in [0.15, 0.2) is 46.9 Å². The lowest BCUT2D eigenvalue weighted by atomic mass is 10.3. The third kappa shape index (κ3) is 5.82. The average molecular weight is 409 g/mol. The summed E-state index contributed by atoms with van der Waals surface area (Å²) in [4.78, 5) is 25.8. The summed E-state index contributed by atoms with van der Waals surface area (Å²) in [6.45, 7) is 3.60. The van der Waals surface area contributed by atoms with Crippen molar-refractivity contribution in [2.24, 2.45) is 0 Å². The smallest absolute Gasteiger partial charge is 0.279 e. The van der Waals surface area contributed by atoms with Gasteiger partial charge in [-0.05, 0) is 50.3 Å². The van der Waals surface area contributed by atoms with Gasteiger partial charge in [-0.2, -0.15) is 0 Å². The maximum atomic E-state index is 11.9. The molecule has 1 aromatic heterocycles. The van der Waals surface area contributed by atoms with Gasteiger partial charge in [-0.15, -0.1) is 11.3 Å². The van der Waals surface area contributed by atoms with Gasteiger partial charge >= 0.3 is 0 Å². The lowest BCUT2D eigenvalue weighted by Gasteiger charge is -2.14. The quantitative estimate of drug-likeness (QED) is 0.587. The van der Waals surface area contributed by atoms with Crippen LogP contribution in [0, 0.1) is 6.92 Å². The zero-order valence-electron chi connectivity index (χ0n) is 13.2. The van der Waals surface area contributed by atoms with Crippen LogP contribution in [-0.4, -0.2) is 17.9 Å². The van der Waals surface area contributed by atoms with Crippen molar-refractivity contribution in [3.05, 3.63) is 56.7 Å². The zero-order valence-corrected chi connectivity index (χ0v) is 15.6. The van der Waals surface area contributed by atoms with Gasteiger partial charge in [0.15, 0.2) is 6.10 Å².